The van der Waals surface area contributed by atoms with Crippen molar-refractivity contribution in [2.24, 2.45) is 23.3 Å². The summed E-state index contributed by atoms with van der Waals surface area (Å²) >= 11 is 0. The number of carbonyl (C=O) groups is 2. The largest absolute Gasteiger partial charge is 0.463 e. The van der Waals surface area contributed by atoms with Crippen LogP contribution >= 0.6 is 0 Å². The third-order valence-corrected chi connectivity index (χ3v) is 4.07. The Labute approximate surface area is 140 Å². The van der Waals surface area contributed by atoms with Crippen molar-refractivity contribution in [1.82, 2.24) is 0 Å². The summed E-state index contributed by atoms with van der Waals surface area (Å²) in [6.07, 6.45) is 4.59. The molecule has 134 valence electrons. The number of carbonyl (C=O) groups excluding carboxylic acids is 2. The first-order valence-corrected chi connectivity index (χ1v) is 7.94. The van der Waals surface area contributed by atoms with Crippen molar-refractivity contribution in [2.45, 2.75) is 37.1 Å². The van der Waals surface area contributed by atoms with Gasteiger partial charge in [0.05, 0.1) is 13.2 Å². The van der Waals surface area contributed by atoms with Crippen LogP contribution in [0, 0.1) is 11.8 Å². The Morgan fingerprint density at radius 3 is 1.54 bits per heavy atom. The minimum Gasteiger partial charge on any atom is -0.463 e. The lowest BCUT2D eigenvalue weighted by Crippen LogP contribution is -2.42. The maximum Gasteiger partial charge on any atom is 0.338 e. The molecule has 0 bridgehead atoms. The zero-order valence-electron chi connectivity index (χ0n) is 13.3. The van der Waals surface area contributed by atoms with Crippen molar-refractivity contribution in [3.63, 3.8) is 0 Å². The van der Waals surface area contributed by atoms with E-state index in [-0.39, 0.29) is 37.1 Å². The van der Waals surface area contributed by atoms with Crippen LogP contribution in [0.2, 0.25) is 0 Å². The molecule has 0 radical (unpaired) electrons. The normalized spacial score (nSPS) is 31.0. The van der Waals surface area contributed by atoms with E-state index in [0.29, 0.717) is 12.8 Å². The van der Waals surface area contributed by atoms with E-state index in [1.165, 1.54) is 0 Å². The Morgan fingerprint density at radius 1 is 0.875 bits per heavy atom. The fourth-order valence-corrected chi connectivity index (χ4v) is 2.67. The van der Waals surface area contributed by atoms with Crippen LogP contribution in [0.1, 0.15) is 12.8 Å². The van der Waals surface area contributed by atoms with E-state index in [9.17, 15) is 19.8 Å². The Balaban J connectivity index is 1.70. The second-order valence-corrected chi connectivity index (χ2v) is 6.24. The molecule has 0 aromatic rings. The van der Waals surface area contributed by atoms with Gasteiger partial charge >= 0.3 is 11.9 Å². The summed E-state index contributed by atoms with van der Waals surface area (Å²) in [5.74, 6) is -2.20. The Bertz CT molecular complexity index is 475. The van der Waals surface area contributed by atoms with Crippen molar-refractivity contribution >= 4 is 11.9 Å². The van der Waals surface area contributed by atoms with E-state index in [0.717, 1.165) is 0 Å². The van der Waals surface area contributed by atoms with Crippen LogP contribution in [0.25, 0.3) is 0 Å². The van der Waals surface area contributed by atoms with Crippen molar-refractivity contribution in [3.8, 4) is 0 Å². The van der Waals surface area contributed by atoms with E-state index in [1.54, 1.807) is 0 Å². The van der Waals surface area contributed by atoms with Crippen LogP contribution in [0.15, 0.2) is 24.3 Å². The van der Waals surface area contributed by atoms with Gasteiger partial charge in [0.1, 0.15) is 0 Å². The maximum absolute atomic E-state index is 11.7. The van der Waals surface area contributed by atoms with Gasteiger partial charge in [-0.2, -0.15) is 0 Å². The fraction of sp³-hybridized carbons (Fsp3) is 0.625. The average molecular weight is 340 g/mol. The average Bonchev–Trinajstić information content (AvgIpc) is 3.17. The minimum atomic E-state index is -1.99. The maximum atomic E-state index is 11.7. The van der Waals surface area contributed by atoms with Crippen LogP contribution in [0.3, 0.4) is 0 Å². The van der Waals surface area contributed by atoms with E-state index in [2.05, 4.69) is 0 Å². The SMILES string of the molecule is NC1C=CC(COC(=O)C(O)C(O)C(=O)OCC2C=CC(N)C2)C1. The minimum absolute atomic E-state index is 0.0291. The van der Waals surface area contributed by atoms with Crippen LogP contribution in [0.5, 0.6) is 0 Å². The van der Waals surface area contributed by atoms with Gasteiger partial charge in [0, 0.05) is 23.9 Å². The molecule has 6 unspecified atom stereocenters. The predicted molar refractivity (Wildman–Crippen MR) is 84.4 cm³/mol. The number of aliphatic hydroxyl groups is 2. The summed E-state index contributed by atoms with van der Waals surface area (Å²) in [5, 5.41) is 19.4. The first-order valence-electron chi connectivity index (χ1n) is 7.94. The molecule has 8 heteroatoms. The molecule has 0 fully saturated rings. The van der Waals surface area contributed by atoms with Gasteiger partial charge in [-0.05, 0) is 12.8 Å². The molecule has 0 aliphatic heterocycles. The lowest BCUT2D eigenvalue weighted by molar-refractivity contribution is -0.174. The molecule has 6 atom stereocenters. The van der Waals surface area contributed by atoms with Gasteiger partial charge in [-0.15, -0.1) is 0 Å². The summed E-state index contributed by atoms with van der Waals surface area (Å²) < 4.78 is 9.82. The second-order valence-electron chi connectivity index (χ2n) is 6.24. The molecule has 0 spiro atoms. The van der Waals surface area contributed by atoms with E-state index in [1.807, 2.05) is 24.3 Å². The standard InChI is InChI=1S/C16H24N2O6/c17-11-3-1-9(5-11)7-23-15(21)13(19)14(20)16(22)24-8-10-2-4-12(18)6-10/h1-4,9-14,19-20H,5-8,17-18H2. The lowest BCUT2D eigenvalue weighted by Gasteiger charge is -2.18. The van der Waals surface area contributed by atoms with Crippen LogP contribution in [0.4, 0.5) is 0 Å². The van der Waals surface area contributed by atoms with Gasteiger partial charge in [-0.1, -0.05) is 24.3 Å². The highest BCUT2D eigenvalue weighted by molar-refractivity contribution is 5.85. The topological polar surface area (TPSA) is 145 Å². The first-order chi connectivity index (χ1) is 11.4. The fourth-order valence-electron chi connectivity index (χ4n) is 2.67. The summed E-state index contributed by atoms with van der Waals surface area (Å²) in [7, 11) is 0. The molecule has 2 aliphatic carbocycles. The Morgan fingerprint density at radius 2 is 1.25 bits per heavy atom. The summed E-state index contributed by atoms with van der Waals surface area (Å²) in [6.45, 7) is 0.0687. The molecule has 0 aromatic heterocycles. The summed E-state index contributed by atoms with van der Waals surface area (Å²) in [6, 6.07) is -0.145. The Hall–Kier alpha value is -1.74. The Kier molecular flexibility index (Phi) is 6.50. The summed E-state index contributed by atoms with van der Waals surface area (Å²) in [5.41, 5.74) is 11.4. The molecule has 6 N–H and O–H groups in total. The van der Waals surface area contributed by atoms with E-state index >= 15 is 0 Å². The molecule has 0 saturated carbocycles. The molecule has 2 aliphatic rings. The third-order valence-electron chi connectivity index (χ3n) is 4.07. The number of hydrogen-bond donors (Lipinski definition) is 4. The molecular formula is C16H24N2O6. The molecule has 8 nitrogen and oxygen atoms in total. The number of aliphatic hydroxyl groups excluding tert-OH is 2. The van der Waals surface area contributed by atoms with Gasteiger partial charge in [-0.25, -0.2) is 9.59 Å². The molecular weight excluding hydrogens is 316 g/mol. The molecule has 0 heterocycles. The van der Waals surface area contributed by atoms with Gasteiger partial charge in [-0.3, -0.25) is 0 Å². The molecule has 24 heavy (non-hydrogen) atoms. The smallest absolute Gasteiger partial charge is 0.338 e. The van der Waals surface area contributed by atoms with Crippen LogP contribution in [-0.2, 0) is 19.1 Å². The van der Waals surface area contributed by atoms with Gasteiger partial charge in [0.2, 0.25) is 0 Å². The third kappa shape index (κ3) is 5.13. The molecule has 0 saturated heterocycles. The van der Waals surface area contributed by atoms with E-state index < -0.39 is 24.1 Å². The molecule has 0 amide bonds. The quantitative estimate of drug-likeness (QED) is 0.327. The van der Waals surface area contributed by atoms with Crippen molar-refractivity contribution in [3.05, 3.63) is 24.3 Å². The monoisotopic (exact) mass is 340 g/mol. The zero-order valence-corrected chi connectivity index (χ0v) is 13.3. The number of ether oxygens (including phenoxy) is 2. The zero-order chi connectivity index (χ0) is 17.7. The van der Waals surface area contributed by atoms with Crippen molar-refractivity contribution in [1.29, 1.82) is 0 Å². The van der Waals surface area contributed by atoms with Crippen LogP contribution < -0.4 is 11.5 Å². The first kappa shape index (κ1) is 18.6. The van der Waals surface area contributed by atoms with E-state index in [4.69, 9.17) is 20.9 Å². The number of nitrogens with two attached hydrogens (primary N) is 2. The molecule has 2 rings (SSSR count). The predicted octanol–water partition coefficient (Wildman–Crippen LogP) is -1.40. The van der Waals surface area contributed by atoms with Crippen LogP contribution in [-0.4, -0.2) is 59.7 Å². The number of rotatable bonds is 7. The highest BCUT2D eigenvalue weighted by Gasteiger charge is 2.34. The highest BCUT2D eigenvalue weighted by Crippen LogP contribution is 2.18. The van der Waals surface area contributed by atoms with Gasteiger partial charge in [0.15, 0.2) is 12.2 Å². The van der Waals surface area contributed by atoms with Gasteiger partial charge < -0.3 is 31.2 Å². The summed E-state index contributed by atoms with van der Waals surface area (Å²) in [4.78, 5) is 23.4. The van der Waals surface area contributed by atoms with Crippen molar-refractivity contribution < 1.29 is 29.3 Å². The number of esters is 2. The second kappa shape index (κ2) is 8.39. The lowest BCUT2D eigenvalue weighted by atomic mass is 10.1. The van der Waals surface area contributed by atoms with Crippen molar-refractivity contribution in [2.75, 3.05) is 13.2 Å². The molecule has 0 aromatic carbocycles. The highest BCUT2D eigenvalue weighted by atomic mass is 16.6. The number of hydrogen-bond acceptors (Lipinski definition) is 8. The van der Waals surface area contributed by atoms with Gasteiger partial charge in [0.25, 0.3) is 0 Å².